The Kier molecular flexibility index (Phi) is 5.05. The molecule has 0 unspecified atom stereocenters. The standard InChI is InChI=1S/C21H25ClN2O/c1-21(2,3)16-8-10-17(11-9-16)23-12-14-24(15-13-23)20(25)18-6-4-5-7-19(18)22/h4-11H,12-15H2,1-3H3. The van der Waals surface area contributed by atoms with Crippen molar-refractivity contribution in [3.63, 3.8) is 0 Å². The predicted octanol–water partition coefficient (Wildman–Crippen LogP) is 4.60. The second kappa shape index (κ2) is 7.09. The molecule has 1 saturated heterocycles. The minimum Gasteiger partial charge on any atom is -0.368 e. The molecule has 25 heavy (non-hydrogen) atoms. The fraction of sp³-hybridized carbons (Fsp3) is 0.381. The summed E-state index contributed by atoms with van der Waals surface area (Å²) in [7, 11) is 0. The van der Waals surface area contributed by atoms with Crippen molar-refractivity contribution in [3.8, 4) is 0 Å². The van der Waals surface area contributed by atoms with Gasteiger partial charge in [0.05, 0.1) is 10.6 Å². The zero-order valence-corrected chi connectivity index (χ0v) is 15.9. The number of carbonyl (C=O) groups excluding carboxylic acids is 1. The maximum Gasteiger partial charge on any atom is 0.255 e. The highest BCUT2D eigenvalue weighted by Gasteiger charge is 2.23. The highest BCUT2D eigenvalue weighted by atomic mass is 35.5. The number of halogens is 1. The molecule has 0 aliphatic carbocycles. The van der Waals surface area contributed by atoms with Crippen molar-refractivity contribution in [2.75, 3.05) is 31.1 Å². The van der Waals surface area contributed by atoms with E-state index in [9.17, 15) is 4.79 Å². The lowest BCUT2D eigenvalue weighted by Crippen LogP contribution is -2.48. The fourth-order valence-electron chi connectivity index (χ4n) is 3.14. The van der Waals surface area contributed by atoms with Crippen LogP contribution in [0.5, 0.6) is 0 Å². The number of rotatable bonds is 2. The molecule has 0 spiro atoms. The quantitative estimate of drug-likeness (QED) is 0.785. The first kappa shape index (κ1) is 17.8. The average molecular weight is 357 g/mol. The van der Waals surface area contributed by atoms with E-state index in [0.717, 1.165) is 13.1 Å². The van der Waals surface area contributed by atoms with Gasteiger partial charge in [-0.1, -0.05) is 56.6 Å². The van der Waals surface area contributed by atoms with Gasteiger partial charge in [0.25, 0.3) is 5.91 Å². The number of nitrogens with zero attached hydrogens (tertiary/aromatic N) is 2. The van der Waals surface area contributed by atoms with Crippen molar-refractivity contribution >= 4 is 23.2 Å². The third-order valence-corrected chi connectivity index (χ3v) is 5.10. The SMILES string of the molecule is CC(C)(C)c1ccc(N2CCN(C(=O)c3ccccc3Cl)CC2)cc1. The summed E-state index contributed by atoms with van der Waals surface area (Å²) in [4.78, 5) is 16.9. The van der Waals surface area contributed by atoms with Gasteiger partial charge in [-0.2, -0.15) is 0 Å². The van der Waals surface area contributed by atoms with Crippen LogP contribution in [0.3, 0.4) is 0 Å². The number of piperazine rings is 1. The maximum absolute atomic E-state index is 12.6. The third-order valence-electron chi connectivity index (χ3n) is 4.77. The molecule has 2 aromatic carbocycles. The predicted molar refractivity (Wildman–Crippen MR) is 105 cm³/mol. The molecule has 1 heterocycles. The minimum atomic E-state index is 0.0216. The van der Waals surface area contributed by atoms with Crippen LogP contribution in [0.15, 0.2) is 48.5 Å². The van der Waals surface area contributed by atoms with Crippen LogP contribution in [0.4, 0.5) is 5.69 Å². The van der Waals surface area contributed by atoms with Gasteiger partial charge >= 0.3 is 0 Å². The molecule has 1 fully saturated rings. The van der Waals surface area contributed by atoms with Crippen LogP contribution >= 0.6 is 11.6 Å². The lowest BCUT2D eigenvalue weighted by Gasteiger charge is -2.36. The number of benzene rings is 2. The van der Waals surface area contributed by atoms with Crippen molar-refractivity contribution in [1.82, 2.24) is 4.90 Å². The fourth-order valence-corrected chi connectivity index (χ4v) is 3.36. The van der Waals surface area contributed by atoms with Gasteiger partial charge in [-0.25, -0.2) is 0 Å². The van der Waals surface area contributed by atoms with Crippen LogP contribution in [0.2, 0.25) is 5.02 Å². The van der Waals surface area contributed by atoms with Gasteiger partial charge in [-0.3, -0.25) is 4.79 Å². The third kappa shape index (κ3) is 3.98. The van der Waals surface area contributed by atoms with Gasteiger partial charge in [0.2, 0.25) is 0 Å². The Morgan fingerprint density at radius 1 is 0.920 bits per heavy atom. The van der Waals surface area contributed by atoms with Crippen molar-refractivity contribution in [2.45, 2.75) is 26.2 Å². The highest BCUT2D eigenvalue weighted by molar-refractivity contribution is 6.33. The minimum absolute atomic E-state index is 0.0216. The normalized spacial score (nSPS) is 15.4. The monoisotopic (exact) mass is 356 g/mol. The Morgan fingerprint density at radius 3 is 2.08 bits per heavy atom. The largest absolute Gasteiger partial charge is 0.368 e. The van der Waals surface area contributed by atoms with E-state index in [0.29, 0.717) is 23.7 Å². The molecule has 1 aliphatic rings. The second-order valence-corrected chi connectivity index (χ2v) is 7.96. The van der Waals surface area contributed by atoms with E-state index in [4.69, 9.17) is 11.6 Å². The molecular weight excluding hydrogens is 332 g/mol. The summed E-state index contributed by atoms with van der Waals surface area (Å²) in [5, 5.41) is 0.521. The lowest BCUT2D eigenvalue weighted by molar-refractivity contribution is 0.0747. The van der Waals surface area contributed by atoms with Gasteiger partial charge in [-0.15, -0.1) is 0 Å². The van der Waals surface area contributed by atoms with Crippen molar-refractivity contribution < 1.29 is 4.79 Å². The summed E-state index contributed by atoms with van der Waals surface area (Å²) >= 11 is 6.16. The highest BCUT2D eigenvalue weighted by Crippen LogP contribution is 2.26. The molecule has 0 N–H and O–H groups in total. The summed E-state index contributed by atoms with van der Waals surface area (Å²) in [5.74, 6) is 0.0216. The van der Waals surface area contributed by atoms with Crippen molar-refractivity contribution in [1.29, 1.82) is 0 Å². The first-order valence-corrected chi connectivity index (χ1v) is 9.13. The van der Waals surface area contributed by atoms with Crippen LogP contribution in [0.25, 0.3) is 0 Å². The van der Waals surface area contributed by atoms with E-state index in [2.05, 4.69) is 49.9 Å². The van der Waals surface area contributed by atoms with E-state index < -0.39 is 0 Å². The first-order valence-electron chi connectivity index (χ1n) is 8.75. The Morgan fingerprint density at radius 2 is 1.52 bits per heavy atom. The Labute approximate surface area is 155 Å². The zero-order chi connectivity index (χ0) is 18.0. The molecular formula is C21H25ClN2O. The summed E-state index contributed by atoms with van der Waals surface area (Å²) in [6, 6.07) is 16.0. The van der Waals surface area contributed by atoms with E-state index in [1.165, 1.54) is 11.3 Å². The van der Waals surface area contributed by atoms with Crippen LogP contribution in [0.1, 0.15) is 36.7 Å². The van der Waals surface area contributed by atoms with Crippen LogP contribution < -0.4 is 4.90 Å². The maximum atomic E-state index is 12.6. The molecule has 2 aromatic rings. The smallest absolute Gasteiger partial charge is 0.255 e. The Bertz CT molecular complexity index is 741. The Hall–Kier alpha value is -2.00. The molecule has 1 aliphatic heterocycles. The van der Waals surface area contributed by atoms with Gasteiger partial charge in [-0.05, 0) is 35.2 Å². The molecule has 0 aromatic heterocycles. The van der Waals surface area contributed by atoms with Crippen LogP contribution in [-0.4, -0.2) is 37.0 Å². The van der Waals surface area contributed by atoms with Gasteiger partial charge in [0.15, 0.2) is 0 Å². The number of carbonyl (C=O) groups is 1. The molecule has 0 atom stereocenters. The number of amides is 1. The van der Waals surface area contributed by atoms with Gasteiger partial charge in [0, 0.05) is 31.9 Å². The summed E-state index contributed by atoms with van der Waals surface area (Å²) in [6.07, 6.45) is 0. The number of hydrogen-bond acceptors (Lipinski definition) is 2. The molecule has 3 rings (SSSR count). The number of anilines is 1. The van der Waals surface area contributed by atoms with Gasteiger partial charge in [0.1, 0.15) is 0 Å². The van der Waals surface area contributed by atoms with E-state index >= 15 is 0 Å². The molecule has 0 saturated carbocycles. The van der Waals surface area contributed by atoms with Gasteiger partial charge < -0.3 is 9.80 Å². The molecule has 0 bridgehead atoms. The van der Waals surface area contributed by atoms with Crippen molar-refractivity contribution in [3.05, 3.63) is 64.7 Å². The zero-order valence-electron chi connectivity index (χ0n) is 15.1. The van der Waals surface area contributed by atoms with Crippen LogP contribution in [-0.2, 0) is 5.41 Å². The molecule has 3 nitrogen and oxygen atoms in total. The van der Waals surface area contributed by atoms with E-state index in [1.807, 2.05) is 17.0 Å². The second-order valence-electron chi connectivity index (χ2n) is 7.56. The van der Waals surface area contributed by atoms with Crippen LogP contribution in [0, 0.1) is 0 Å². The summed E-state index contributed by atoms with van der Waals surface area (Å²) < 4.78 is 0. The summed E-state index contributed by atoms with van der Waals surface area (Å²) in [6.45, 7) is 9.77. The first-order chi connectivity index (χ1) is 11.9. The van der Waals surface area contributed by atoms with E-state index in [-0.39, 0.29) is 11.3 Å². The molecule has 132 valence electrons. The summed E-state index contributed by atoms with van der Waals surface area (Å²) in [5.41, 5.74) is 3.31. The lowest BCUT2D eigenvalue weighted by atomic mass is 9.87. The van der Waals surface area contributed by atoms with Crippen molar-refractivity contribution in [2.24, 2.45) is 0 Å². The van der Waals surface area contributed by atoms with E-state index in [1.54, 1.807) is 12.1 Å². The molecule has 1 amide bonds. The molecule has 4 heteroatoms. The Balaban J connectivity index is 1.64. The number of hydrogen-bond donors (Lipinski definition) is 0. The average Bonchev–Trinajstić information content (AvgIpc) is 2.61. The molecule has 0 radical (unpaired) electrons. The topological polar surface area (TPSA) is 23.6 Å².